The molecule has 0 saturated heterocycles. The topological polar surface area (TPSA) is 3.24 Å². The van der Waals surface area contributed by atoms with Gasteiger partial charge in [0.2, 0.25) is 0 Å². The summed E-state index contributed by atoms with van der Waals surface area (Å²) >= 11 is 0. The summed E-state index contributed by atoms with van der Waals surface area (Å²) in [7, 11) is 0. The first-order chi connectivity index (χ1) is 28.0. The zero-order valence-corrected chi connectivity index (χ0v) is 34.3. The van der Waals surface area contributed by atoms with Crippen LogP contribution >= 0.6 is 0 Å². The summed E-state index contributed by atoms with van der Waals surface area (Å²) in [5.41, 5.74) is 21.3. The molecule has 0 fully saturated rings. The molecule has 0 heterocycles. The Hall–Kier alpha value is -6.44. The highest BCUT2D eigenvalue weighted by molar-refractivity contribution is 5.99. The Balaban J connectivity index is 1.22. The summed E-state index contributed by atoms with van der Waals surface area (Å²) in [4.78, 5) is 2.50. The zero-order chi connectivity index (χ0) is 39.8. The number of rotatable bonds is 6. The van der Waals surface area contributed by atoms with Gasteiger partial charge in [-0.1, -0.05) is 192 Å². The van der Waals surface area contributed by atoms with Gasteiger partial charge in [-0.25, -0.2) is 0 Å². The van der Waals surface area contributed by atoms with E-state index in [0.717, 1.165) is 17.1 Å². The normalized spacial score (nSPS) is 16.0. The first kappa shape index (κ1) is 35.9. The molecule has 58 heavy (non-hydrogen) atoms. The highest BCUT2D eigenvalue weighted by Gasteiger charge is 2.42. The minimum atomic E-state index is -0.318. The van der Waals surface area contributed by atoms with Crippen LogP contribution < -0.4 is 4.90 Å². The standard InChI is InChI=1S/C57H49N/c1-55(2,3)41-31-33-48-51(36-41)56(4,5)50-29-18-27-47(54(48)50)46-26-14-16-30-53(46)58(42-24-17-21-39(35-42)38-19-9-7-10-20-38)43-32-34-45-44-25-13-15-28-49(44)57(6,52(45)37-43)40-22-11-8-12-23-40/h7-37H,1-6H3. The molecule has 0 aromatic heterocycles. The summed E-state index contributed by atoms with van der Waals surface area (Å²) in [5.74, 6) is 0. The van der Waals surface area contributed by atoms with Gasteiger partial charge in [0.05, 0.1) is 5.69 Å². The Kier molecular flexibility index (Phi) is 8.25. The van der Waals surface area contributed by atoms with E-state index in [1.807, 2.05) is 0 Å². The minimum Gasteiger partial charge on any atom is -0.310 e. The van der Waals surface area contributed by atoms with E-state index in [0.29, 0.717) is 0 Å². The second-order valence-electron chi connectivity index (χ2n) is 17.9. The second-order valence-corrected chi connectivity index (χ2v) is 17.9. The molecule has 2 aliphatic rings. The molecule has 0 spiro atoms. The predicted octanol–water partition coefficient (Wildman–Crippen LogP) is 15.4. The van der Waals surface area contributed by atoms with Crippen molar-refractivity contribution in [3.8, 4) is 44.5 Å². The Morgan fingerprint density at radius 2 is 0.983 bits per heavy atom. The van der Waals surface area contributed by atoms with Crippen LogP contribution in [-0.4, -0.2) is 0 Å². The highest BCUT2D eigenvalue weighted by Crippen LogP contribution is 2.56. The molecule has 8 aromatic carbocycles. The van der Waals surface area contributed by atoms with Crippen molar-refractivity contribution in [3.05, 3.63) is 221 Å². The molecule has 8 aromatic rings. The minimum absolute atomic E-state index is 0.0674. The summed E-state index contributed by atoms with van der Waals surface area (Å²) in [5, 5.41) is 0. The molecule has 0 aliphatic heterocycles. The van der Waals surface area contributed by atoms with Crippen molar-refractivity contribution in [1.82, 2.24) is 0 Å². The van der Waals surface area contributed by atoms with Gasteiger partial charge in [0.15, 0.2) is 0 Å². The molecule has 0 N–H and O–H groups in total. The SMILES string of the molecule is CC(C)(C)c1ccc2c(c1)C(C)(C)c1cccc(-c3ccccc3N(c3cccc(-c4ccccc4)c3)c3ccc4c(c3)C(C)(c3ccccc3)c3ccccc3-4)c1-2. The zero-order valence-electron chi connectivity index (χ0n) is 34.3. The number of hydrogen-bond donors (Lipinski definition) is 0. The van der Waals surface area contributed by atoms with Gasteiger partial charge in [-0.05, 0) is 115 Å². The molecule has 1 atom stereocenters. The van der Waals surface area contributed by atoms with Crippen LogP contribution in [0.2, 0.25) is 0 Å². The molecular formula is C57H49N. The Bertz CT molecular complexity index is 2860. The monoisotopic (exact) mass is 747 g/mol. The third-order valence-corrected chi connectivity index (χ3v) is 13.1. The predicted molar refractivity (Wildman–Crippen MR) is 246 cm³/mol. The lowest BCUT2D eigenvalue weighted by Crippen LogP contribution is -2.23. The molecule has 0 radical (unpaired) electrons. The van der Waals surface area contributed by atoms with Crippen molar-refractivity contribution in [2.24, 2.45) is 0 Å². The van der Waals surface area contributed by atoms with E-state index >= 15 is 0 Å². The Morgan fingerprint density at radius 3 is 1.76 bits per heavy atom. The largest absolute Gasteiger partial charge is 0.310 e. The molecule has 0 amide bonds. The Morgan fingerprint density at radius 1 is 0.397 bits per heavy atom. The van der Waals surface area contributed by atoms with E-state index in [1.54, 1.807) is 0 Å². The van der Waals surface area contributed by atoms with Gasteiger partial charge in [-0.15, -0.1) is 0 Å². The average molecular weight is 748 g/mol. The maximum atomic E-state index is 2.50. The highest BCUT2D eigenvalue weighted by atomic mass is 15.1. The third kappa shape index (κ3) is 5.52. The van der Waals surface area contributed by atoms with Gasteiger partial charge >= 0.3 is 0 Å². The van der Waals surface area contributed by atoms with Crippen LogP contribution in [0.5, 0.6) is 0 Å². The molecule has 1 unspecified atom stereocenters. The second kappa shape index (κ2) is 13.3. The number of fused-ring (bicyclic) bond motifs is 6. The van der Waals surface area contributed by atoms with Gasteiger partial charge < -0.3 is 4.90 Å². The molecule has 1 heteroatoms. The maximum absolute atomic E-state index is 2.50. The fourth-order valence-electron chi connectivity index (χ4n) is 9.96. The molecule has 2 aliphatic carbocycles. The lowest BCUT2D eigenvalue weighted by atomic mass is 9.74. The van der Waals surface area contributed by atoms with Crippen LogP contribution in [0.3, 0.4) is 0 Å². The van der Waals surface area contributed by atoms with Crippen molar-refractivity contribution < 1.29 is 0 Å². The third-order valence-electron chi connectivity index (χ3n) is 13.1. The van der Waals surface area contributed by atoms with Crippen LogP contribution in [0.4, 0.5) is 17.1 Å². The molecule has 10 rings (SSSR count). The van der Waals surface area contributed by atoms with E-state index in [1.165, 1.54) is 77.9 Å². The number of anilines is 3. The van der Waals surface area contributed by atoms with E-state index in [2.05, 4.69) is 234 Å². The van der Waals surface area contributed by atoms with Crippen molar-refractivity contribution in [1.29, 1.82) is 0 Å². The lowest BCUT2D eigenvalue weighted by molar-refractivity contribution is 0.584. The average Bonchev–Trinajstić information content (AvgIpc) is 3.65. The van der Waals surface area contributed by atoms with Gasteiger partial charge in [-0.3, -0.25) is 0 Å². The van der Waals surface area contributed by atoms with E-state index in [4.69, 9.17) is 0 Å². The quantitative estimate of drug-likeness (QED) is 0.164. The van der Waals surface area contributed by atoms with Crippen LogP contribution in [0.25, 0.3) is 44.5 Å². The number of para-hydroxylation sites is 1. The van der Waals surface area contributed by atoms with Crippen molar-refractivity contribution in [2.45, 2.75) is 57.8 Å². The number of hydrogen-bond acceptors (Lipinski definition) is 1. The van der Waals surface area contributed by atoms with E-state index < -0.39 is 0 Å². The fraction of sp³-hybridized carbons (Fsp3) is 0.158. The summed E-state index contributed by atoms with van der Waals surface area (Å²) < 4.78 is 0. The van der Waals surface area contributed by atoms with Gasteiger partial charge in [0, 0.05) is 27.8 Å². The van der Waals surface area contributed by atoms with Gasteiger partial charge in [-0.2, -0.15) is 0 Å². The number of nitrogens with zero attached hydrogens (tertiary/aromatic N) is 1. The molecule has 282 valence electrons. The van der Waals surface area contributed by atoms with E-state index in [-0.39, 0.29) is 16.2 Å². The molecular weight excluding hydrogens is 699 g/mol. The van der Waals surface area contributed by atoms with Crippen LogP contribution in [-0.2, 0) is 16.2 Å². The van der Waals surface area contributed by atoms with Crippen molar-refractivity contribution in [3.63, 3.8) is 0 Å². The Labute approximate surface area is 344 Å². The van der Waals surface area contributed by atoms with Crippen LogP contribution in [0, 0.1) is 0 Å². The molecule has 1 nitrogen and oxygen atoms in total. The molecule has 0 bridgehead atoms. The van der Waals surface area contributed by atoms with Crippen molar-refractivity contribution in [2.75, 3.05) is 4.90 Å². The smallest absolute Gasteiger partial charge is 0.0540 e. The number of benzene rings is 8. The van der Waals surface area contributed by atoms with Crippen LogP contribution in [0.1, 0.15) is 74.9 Å². The lowest BCUT2D eigenvalue weighted by Gasteiger charge is -2.32. The summed E-state index contributed by atoms with van der Waals surface area (Å²) in [6, 6.07) is 70.1. The molecule has 0 saturated carbocycles. The first-order valence-electron chi connectivity index (χ1n) is 20.7. The summed E-state index contributed by atoms with van der Waals surface area (Å²) in [6.07, 6.45) is 0. The maximum Gasteiger partial charge on any atom is 0.0540 e. The van der Waals surface area contributed by atoms with E-state index in [9.17, 15) is 0 Å². The van der Waals surface area contributed by atoms with Gasteiger partial charge in [0.25, 0.3) is 0 Å². The van der Waals surface area contributed by atoms with Gasteiger partial charge in [0.1, 0.15) is 0 Å². The summed E-state index contributed by atoms with van der Waals surface area (Å²) in [6.45, 7) is 14.1. The fourth-order valence-corrected chi connectivity index (χ4v) is 9.96. The first-order valence-corrected chi connectivity index (χ1v) is 20.7. The van der Waals surface area contributed by atoms with Crippen LogP contribution in [0.15, 0.2) is 188 Å². The van der Waals surface area contributed by atoms with Crippen molar-refractivity contribution >= 4 is 17.1 Å².